The molecule has 1 aliphatic carbocycles. The van der Waals surface area contributed by atoms with E-state index in [0.29, 0.717) is 0 Å². The molecule has 1 amide bonds. The molecule has 0 radical (unpaired) electrons. The molecule has 5 nitrogen and oxygen atoms in total. The maximum absolute atomic E-state index is 11.6. The topological polar surface area (TPSA) is 67.8 Å². The van der Waals surface area contributed by atoms with E-state index in [0.717, 1.165) is 25.7 Å². The second kappa shape index (κ2) is 5.89. The number of hydrogen-bond acceptors (Lipinski definition) is 4. The Labute approximate surface area is 109 Å². The van der Waals surface area contributed by atoms with Crippen LogP contribution in [0.15, 0.2) is 0 Å². The first-order valence-corrected chi connectivity index (χ1v) is 6.46. The van der Waals surface area contributed by atoms with Gasteiger partial charge in [0, 0.05) is 13.2 Å². The first-order chi connectivity index (χ1) is 8.30. The Morgan fingerprint density at radius 2 is 1.94 bits per heavy atom. The molecule has 0 bridgehead atoms. The molecular formula is C13H25NO4. The van der Waals surface area contributed by atoms with Crippen LogP contribution in [-0.4, -0.2) is 42.2 Å². The Kier molecular flexibility index (Phi) is 4.99. The molecule has 0 aliphatic heterocycles. The van der Waals surface area contributed by atoms with Crippen molar-refractivity contribution < 1.29 is 19.4 Å². The number of carbonyl (C=O) groups is 1. The Morgan fingerprint density at radius 1 is 1.39 bits per heavy atom. The van der Waals surface area contributed by atoms with Gasteiger partial charge in [-0.2, -0.15) is 0 Å². The fraction of sp³-hybridized carbons (Fsp3) is 0.923. The Morgan fingerprint density at radius 3 is 2.33 bits per heavy atom. The molecule has 1 rings (SSSR count). The van der Waals surface area contributed by atoms with E-state index in [-0.39, 0.29) is 18.7 Å². The number of methoxy groups -OCH3 is 1. The third-order valence-corrected chi connectivity index (χ3v) is 3.34. The number of aliphatic hydroxyl groups is 1. The summed E-state index contributed by atoms with van der Waals surface area (Å²) in [5.74, 6) is 0. The molecule has 5 heteroatoms. The zero-order valence-electron chi connectivity index (χ0n) is 11.8. The van der Waals surface area contributed by atoms with E-state index < -0.39 is 11.2 Å². The van der Waals surface area contributed by atoms with Gasteiger partial charge in [-0.25, -0.2) is 4.79 Å². The molecule has 18 heavy (non-hydrogen) atoms. The van der Waals surface area contributed by atoms with Crippen LogP contribution in [0.25, 0.3) is 0 Å². The number of aliphatic hydroxyl groups excluding tert-OH is 1. The lowest BCUT2D eigenvalue weighted by atomic mass is 9.82. The lowest BCUT2D eigenvalue weighted by Crippen LogP contribution is -2.47. The van der Waals surface area contributed by atoms with E-state index >= 15 is 0 Å². The van der Waals surface area contributed by atoms with Crippen molar-refractivity contribution in [2.24, 2.45) is 0 Å². The first-order valence-electron chi connectivity index (χ1n) is 6.46. The van der Waals surface area contributed by atoms with Crippen LogP contribution >= 0.6 is 0 Å². The highest BCUT2D eigenvalue weighted by Gasteiger charge is 2.35. The van der Waals surface area contributed by atoms with Crippen molar-refractivity contribution in [3.05, 3.63) is 0 Å². The smallest absolute Gasteiger partial charge is 0.407 e. The van der Waals surface area contributed by atoms with Gasteiger partial charge in [-0.05, 0) is 46.5 Å². The van der Waals surface area contributed by atoms with Gasteiger partial charge in [0.1, 0.15) is 5.60 Å². The fourth-order valence-electron chi connectivity index (χ4n) is 2.19. The van der Waals surface area contributed by atoms with E-state index in [2.05, 4.69) is 5.32 Å². The highest BCUT2D eigenvalue weighted by Crippen LogP contribution is 2.30. The molecule has 2 N–H and O–H groups in total. The summed E-state index contributed by atoms with van der Waals surface area (Å²) in [6, 6.07) is 0.106. The van der Waals surface area contributed by atoms with Crippen molar-refractivity contribution in [3.63, 3.8) is 0 Å². The predicted octanol–water partition coefficient (Wildman–Crippen LogP) is 1.83. The molecule has 0 aromatic carbocycles. The minimum absolute atomic E-state index is 0.0304. The number of amides is 1. The molecule has 0 unspecified atom stereocenters. The number of carbonyl (C=O) groups excluding carboxylic acids is 1. The van der Waals surface area contributed by atoms with Crippen LogP contribution in [0.2, 0.25) is 0 Å². The van der Waals surface area contributed by atoms with Gasteiger partial charge in [-0.15, -0.1) is 0 Å². The van der Waals surface area contributed by atoms with E-state index in [1.54, 1.807) is 7.11 Å². The van der Waals surface area contributed by atoms with Gasteiger partial charge >= 0.3 is 6.09 Å². The van der Waals surface area contributed by atoms with Crippen molar-refractivity contribution in [1.29, 1.82) is 0 Å². The molecule has 0 aromatic heterocycles. The summed E-state index contributed by atoms with van der Waals surface area (Å²) in [5, 5.41) is 12.2. The van der Waals surface area contributed by atoms with Gasteiger partial charge in [0.15, 0.2) is 0 Å². The Balaban J connectivity index is 2.38. The molecular weight excluding hydrogens is 234 g/mol. The summed E-state index contributed by atoms with van der Waals surface area (Å²) in [4.78, 5) is 11.6. The lowest BCUT2D eigenvalue weighted by Gasteiger charge is -2.38. The fourth-order valence-corrected chi connectivity index (χ4v) is 2.19. The zero-order valence-corrected chi connectivity index (χ0v) is 11.8. The Bertz CT molecular complexity index is 271. The van der Waals surface area contributed by atoms with Crippen LogP contribution in [0.3, 0.4) is 0 Å². The van der Waals surface area contributed by atoms with Gasteiger partial charge < -0.3 is 19.9 Å². The van der Waals surface area contributed by atoms with Gasteiger partial charge in [-0.3, -0.25) is 0 Å². The van der Waals surface area contributed by atoms with Gasteiger partial charge in [0.2, 0.25) is 0 Å². The van der Waals surface area contributed by atoms with Crippen LogP contribution in [0, 0.1) is 0 Å². The van der Waals surface area contributed by atoms with E-state index in [9.17, 15) is 9.90 Å². The molecule has 106 valence electrons. The van der Waals surface area contributed by atoms with Crippen LogP contribution < -0.4 is 5.32 Å². The molecule has 0 spiro atoms. The SMILES string of the molecule is CO[C@]1(CO)CC[C@H](NC(=O)OC(C)(C)C)CC1. The lowest BCUT2D eigenvalue weighted by molar-refractivity contribution is -0.0797. The van der Waals surface area contributed by atoms with E-state index in [1.807, 2.05) is 20.8 Å². The van der Waals surface area contributed by atoms with Crippen LogP contribution in [-0.2, 0) is 9.47 Å². The largest absolute Gasteiger partial charge is 0.444 e. The number of nitrogens with one attached hydrogen (secondary N) is 1. The summed E-state index contributed by atoms with van der Waals surface area (Å²) in [7, 11) is 1.62. The molecule has 1 fully saturated rings. The summed E-state index contributed by atoms with van der Waals surface area (Å²) < 4.78 is 10.6. The highest BCUT2D eigenvalue weighted by molar-refractivity contribution is 5.68. The predicted molar refractivity (Wildman–Crippen MR) is 68.5 cm³/mol. The number of ether oxygens (including phenoxy) is 2. The minimum atomic E-state index is -0.472. The van der Waals surface area contributed by atoms with Gasteiger partial charge in [0.25, 0.3) is 0 Å². The molecule has 1 saturated carbocycles. The molecule has 0 atom stereocenters. The normalized spacial score (nSPS) is 28.8. The summed E-state index contributed by atoms with van der Waals surface area (Å²) in [5.41, 5.74) is -0.897. The second-order valence-electron chi connectivity index (χ2n) is 5.97. The van der Waals surface area contributed by atoms with Crippen LogP contribution in [0.4, 0.5) is 4.79 Å². The number of alkyl carbamates (subject to hydrolysis) is 1. The quantitative estimate of drug-likeness (QED) is 0.811. The summed E-state index contributed by atoms with van der Waals surface area (Å²) in [6.45, 7) is 5.56. The van der Waals surface area contributed by atoms with Crippen molar-refractivity contribution in [1.82, 2.24) is 5.32 Å². The van der Waals surface area contributed by atoms with Crippen molar-refractivity contribution in [3.8, 4) is 0 Å². The summed E-state index contributed by atoms with van der Waals surface area (Å²) in [6.07, 6.45) is 2.73. The average Bonchev–Trinajstić information content (AvgIpc) is 2.28. The van der Waals surface area contributed by atoms with Crippen LogP contribution in [0.1, 0.15) is 46.5 Å². The van der Waals surface area contributed by atoms with Gasteiger partial charge in [0.05, 0.1) is 12.2 Å². The monoisotopic (exact) mass is 259 g/mol. The number of rotatable bonds is 3. The van der Waals surface area contributed by atoms with Crippen LogP contribution in [0.5, 0.6) is 0 Å². The summed E-state index contributed by atoms with van der Waals surface area (Å²) >= 11 is 0. The molecule has 0 saturated heterocycles. The molecule has 1 aliphatic rings. The standard InChI is InChI=1S/C13H25NO4/c1-12(2,3)18-11(16)14-10-5-7-13(9-15,17-4)8-6-10/h10,15H,5-9H2,1-4H3,(H,14,16)/t10-,13+. The maximum Gasteiger partial charge on any atom is 0.407 e. The first kappa shape index (κ1) is 15.2. The van der Waals surface area contributed by atoms with E-state index in [4.69, 9.17) is 9.47 Å². The van der Waals surface area contributed by atoms with Crippen molar-refractivity contribution in [2.45, 2.75) is 63.7 Å². The number of hydrogen-bond donors (Lipinski definition) is 2. The third kappa shape index (κ3) is 4.46. The third-order valence-electron chi connectivity index (χ3n) is 3.34. The zero-order chi connectivity index (χ0) is 13.8. The van der Waals surface area contributed by atoms with Crippen molar-refractivity contribution >= 4 is 6.09 Å². The van der Waals surface area contributed by atoms with Crippen molar-refractivity contribution in [2.75, 3.05) is 13.7 Å². The van der Waals surface area contributed by atoms with Gasteiger partial charge in [-0.1, -0.05) is 0 Å². The average molecular weight is 259 g/mol. The highest BCUT2D eigenvalue weighted by atomic mass is 16.6. The minimum Gasteiger partial charge on any atom is -0.444 e. The second-order valence-corrected chi connectivity index (χ2v) is 5.97. The molecule has 0 heterocycles. The van der Waals surface area contributed by atoms with E-state index in [1.165, 1.54) is 0 Å². The Hall–Kier alpha value is -0.810. The molecule has 0 aromatic rings. The maximum atomic E-state index is 11.6.